The third kappa shape index (κ3) is 3.72. The predicted octanol–water partition coefficient (Wildman–Crippen LogP) is 4.55. The van der Waals surface area contributed by atoms with Crippen LogP contribution in [0, 0.1) is 6.92 Å². The van der Waals surface area contributed by atoms with Crippen molar-refractivity contribution in [1.29, 1.82) is 0 Å². The molecule has 2 aromatic carbocycles. The zero-order valence-corrected chi connectivity index (χ0v) is 19.4. The minimum atomic E-state index is -0.986. The van der Waals surface area contributed by atoms with Crippen molar-refractivity contribution in [3.63, 3.8) is 0 Å². The molecule has 0 radical (unpaired) electrons. The molecule has 0 bridgehead atoms. The number of aromatic nitrogens is 2. The second-order valence-corrected chi connectivity index (χ2v) is 9.28. The van der Waals surface area contributed by atoms with Crippen LogP contribution in [0.15, 0.2) is 42.0 Å². The standard InChI is InChI=1S/C22H15Cl2N3O5S/c1-10-25-26-22(33-10)27-18(11-2-4-13(23)14(24)8-11)17(20(29)21(27)30)19(28)12-3-5-15-16(9-12)32-7-6-31-15/h2-5,8-9,18,28H,6-7H2,1H3/b19-17+/t18-/m0/s1. The molecule has 0 spiro atoms. The third-order valence-corrected chi connectivity index (χ3v) is 6.82. The summed E-state index contributed by atoms with van der Waals surface area (Å²) < 4.78 is 11.1. The van der Waals surface area contributed by atoms with Gasteiger partial charge in [-0.3, -0.25) is 14.5 Å². The van der Waals surface area contributed by atoms with Crippen LogP contribution in [0.1, 0.15) is 22.2 Å². The van der Waals surface area contributed by atoms with Crippen molar-refractivity contribution in [2.24, 2.45) is 0 Å². The van der Waals surface area contributed by atoms with E-state index in [2.05, 4.69) is 10.2 Å². The summed E-state index contributed by atoms with van der Waals surface area (Å²) in [7, 11) is 0. The molecule has 1 fully saturated rings. The molecule has 11 heteroatoms. The Kier molecular flexibility index (Phi) is 5.48. The lowest BCUT2D eigenvalue weighted by Crippen LogP contribution is -2.29. The first-order valence-corrected chi connectivity index (χ1v) is 11.4. The molecule has 0 aliphatic carbocycles. The van der Waals surface area contributed by atoms with Gasteiger partial charge in [0.05, 0.1) is 21.7 Å². The molecule has 168 valence electrons. The van der Waals surface area contributed by atoms with Gasteiger partial charge in [0.1, 0.15) is 24.0 Å². The molecule has 1 N–H and O–H groups in total. The SMILES string of the molecule is Cc1nnc(N2C(=O)C(=O)/C(=C(/O)c3ccc4c(c3)OCCO4)[C@@H]2c2ccc(Cl)c(Cl)c2)s1. The number of anilines is 1. The highest BCUT2D eigenvalue weighted by Gasteiger charge is 2.48. The van der Waals surface area contributed by atoms with E-state index in [-0.39, 0.29) is 21.5 Å². The number of carbonyl (C=O) groups excluding carboxylic acids is 2. The van der Waals surface area contributed by atoms with Gasteiger partial charge in [-0.2, -0.15) is 0 Å². The third-order valence-electron chi connectivity index (χ3n) is 5.24. The average molecular weight is 504 g/mol. The van der Waals surface area contributed by atoms with E-state index in [0.717, 1.165) is 11.3 Å². The van der Waals surface area contributed by atoms with Crippen molar-refractivity contribution in [3.8, 4) is 11.5 Å². The molecule has 5 rings (SSSR count). The topological polar surface area (TPSA) is 102 Å². The maximum Gasteiger partial charge on any atom is 0.301 e. The molecule has 1 amide bonds. The molecule has 3 aromatic rings. The van der Waals surface area contributed by atoms with Gasteiger partial charge >= 0.3 is 5.91 Å². The number of amides is 1. The highest BCUT2D eigenvalue weighted by atomic mass is 35.5. The predicted molar refractivity (Wildman–Crippen MR) is 123 cm³/mol. The molecule has 1 atom stereocenters. The molecular weight excluding hydrogens is 489 g/mol. The number of hydrogen-bond acceptors (Lipinski definition) is 8. The second-order valence-electron chi connectivity index (χ2n) is 7.30. The van der Waals surface area contributed by atoms with Crippen LogP contribution >= 0.6 is 34.5 Å². The molecule has 1 aromatic heterocycles. The number of aryl methyl sites for hydroxylation is 1. The first-order valence-electron chi connectivity index (χ1n) is 9.81. The van der Waals surface area contributed by atoms with Gasteiger partial charge < -0.3 is 14.6 Å². The maximum absolute atomic E-state index is 13.2. The molecule has 2 aliphatic rings. The Labute approximate surface area is 202 Å². The Bertz CT molecular complexity index is 1340. The number of ether oxygens (including phenoxy) is 2. The van der Waals surface area contributed by atoms with E-state index in [1.807, 2.05) is 0 Å². The Balaban J connectivity index is 1.70. The van der Waals surface area contributed by atoms with Crippen molar-refractivity contribution in [2.75, 3.05) is 18.1 Å². The number of benzene rings is 2. The first kappa shape index (κ1) is 21.7. The minimum Gasteiger partial charge on any atom is -0.507 e. The monoisotopic (exact) mass is 503 g/mol. The zero-order valence-electron chi connectivity index (χ0n) is 17.0. The van der Waals surface area contributed by atoms with E-state index >= 15 is 0 Å². The fraction of sp³-hybridized carbons (Fsp3) is 0.182. The Morgan fingerprint density at radius 3 is 2.52 bits per heavy atom. The number of halogens is 2. The number of ketones is 1. The number of Topliss-reactive ketones (excluding diaryl/α,β-unsaturated/α-hetero) is 1. The van der Waals surface area contributed by atoms with E-state index in [4.69, 9.17) is 32.7 Å². The lowest BCUT2D eigenvalue weighted by atomic mass is 9.95. The van der Waals surface area contributed by atoms with Gasteiger partial charge in [0.25, 0.3) is 5.78 Å². The van der Waals surface area contributed by atoms with Crippen molar-refractivity contribution in [1.82, 2.24) is 10.2 Å². The quantitative estimate of drug-likeness (QED) is 0.317. The van der Waals surface area contributed by atoms with Crippen LogP contribution in [0.2, 0.25) is 10.0 Å². The highest BCUT2D eigenvalue weighted by molar-refractivity contribution is 7.15. The van der Waals surface area contributed by atoms with Gasteiger partial charge in [0, 0.05) is 5.56 Å². The maximum atomic E-state index is 13.2. The van der Waals surface area contributed by atoms with Crippen molar-refractivity contribution in [3.05, 3.63) is 68.2 Å². The summed E-state index contributed by atoms with van der Waals surface area (Å²) in [5.41, 5.74) is 0.675. The number of hydrogen-bond donors (Lipinski definition) is 1. The number of aliphatic hydroxyl groups excluding tert-OH is 1. The van der Waals surface area contributed by atoms with E-state index < -0.39 is 17.7 Å². The first-order chi connectivity index (χ1) is 15.8. The highest BCUT2D eigenvalue weighted by Crippen LogP contribution is 2.44. The molecule has 3 heterocycles. The smallest absolute Gasteiger partial charge is 0.301 e. The Morgan fingerprint density at radius 1 is 1.06 bits per heavy atom. The van der Waals surface area contributed by atoms with Crippen LogP contribution in [0.25, 0.3) is 5.76 Å². The van der Waals surface area contributed by atoms with Crippen LogP contribution in [0.4, 0.5) is 5.13 Å². The lowest BCUT2D eigenvalue weighted by molar-refractivity contribution is -0.132. The van der Waals surface area contributed by atoms with Gasteiger partial charge in [-0.15, -0.1) is 10.2 Å². The summed E-state index contributed by atoms with van der Waals surface area (Å²) in [6.07, 6.45) is 0. The summed E-state index contributed by atoms with van der Waals surface area (Å²) in [5.74, 6) is -1.08. The summed E-state index contributed by atoms with van der Waals surface area (Å²) in [6.45, 7) is 2.52. The van der Waals surface area contributed by atoms with Gasteiger partial charge in [-0.25, -0.2) is 0 Å². The van der Waals surface area contributed by atoms with E-state index in [9.17, 15) is 14.7 Å². The second kappa shape index (κ2) is 8.33. The molecule has 0 saturated carbocycles. The van der Waals surface area contributed by atoms with Gasteiger partial charge in [0.15, 0.2) is 11.5 Å². The molecule has 8 nitrogen and oxygen atoms in total. The average Bonchev–Trinajstić information content (AvgIpc) is 3.35. The summed E-state index contributed by atoms with van der Waals surface area (Å²) in [4.78, 5) is 27.5. The fourth-order valence-electron chi connectivity index (χ4n) is 3.76. The van der Waals surface area contributed by atoms with Crippen molar-refractivity contribution >= 4 is 57.1 Å². The molecular formula is C22H15Cl2N3O5S. The number of aliphatic hydroxyl groups is 1. The summed E-state index contributed by atoms with van der Waals surface area (Å²) in [5, 5.41) is 20.6. The van der Waals surface area contributed by atoms with Crippen molar-refractivity contribution in [2.45, 2.75) is 13.0 Å². The number of rotatable bonds is 3. The molecule has 33 heavy (non-hydrogen) atoms. The number of carbonyl (C=O) groups is 2. The van der Waals surface area contributed by atoms with Crippen LogP contribution in [0.5, 0.6) is 11.5 Å². The minimum absolute atomic E-state index is 0.108. The number of fused-ring (bicyclic) bond motifs is 1. The van der Waals surface area contributed by atoms with Crippen LogP contribution in [0.3, 0.4) is 0 Å². The van der Waals surface area contributed by atoms with Crippen LogP contribution in [-0.2, 0) is 9.59 Å². The Morgan fingerprint density at radius 2 is 1.82 bits per heavy atom. The normalized spacial score (nSPS) is 19.2. The van der Waals surface area contributed by atoms with Gasteiger partial charge in [-0.1, -0.05) is 40.6 Å². The summed E-state index contributed by atoms with van der Waals surface area (Å²) >= 11 is 13.5. The number of nitrogens with zero attached hydrogens (tertiary/aromatic N) is 3. The van der Waals surface area contributed by atoms with Crippen LogP contribution < -0.4 is 14.4 Å². The largest absolute Gasteiger partial charge is 0.507 e. The van der Waals surface area contributed by atoms with Gasteiger partial charge in [-0.05, 0) is 42.8 Å². The molecule has 1 saturated heterocycles. The van der Waals surface area contributed by atoms with Gasteiger partial charge in [0.2, 0.25) is 5.13 Å². The van der Waals surface area contributed by atoms with E-state index in [0.29, 0.717) is 45.9 Å². The summed E-state index contributed by atoms with van der Waals surface area (Å²) in [6, 6.07) is 8.58. The van der Waals surface area contributed by atoms with Crippen LogP contribution in [-0.4, -0.2) is 40.2 Å². The zero-order chi connectivity index (χ0) is 23.3. The lowest BCUT2D eigenvalue weighted by Gasteiger charge is -2.23. The molecule has 0 unspecified atom stereocenters. The van der Waals surface area contributed by atoms with Crippen molar-refractivity contribution < 1.29 is 24.2 Å². The van der Waals surface area contributed by atoms with E-state index in [1.54, 1.807) is 43.3 Å². The fourth-order valence-corrected chi connectivity index (χ4v) is 4.78. The van der Waals surface area contributed by atoms with E-state index in [1.165, 1.54) is 4.90 Å². The Hall–Kier alpha value is -3.14. The molecule has 2 aliphatic heterocycles.